The van der Waals surface area contributed by atoms with E-state index in [4.69, 9.17) is 0 Å². The molecule has 0 aliphatic heterocycles. The van der Waals surface area contributed by atoms with Crippen LogP contribution in [0.15, 0.2) is 64.0 Å². The van der Waals surface area contributed by atoms with Gasteiger partial charge in [-0.25, -0.2) is 13.1 Å². The van der Waals surface area contributed by atoms with E-state index in [1.54, 1.807) is 30.3 Å². The second-order valence-electron chi connectivity index (χ2n) is 5.08. The minimum absolute atomic E-state index is 0.297. The molecule has 0 spiro atoms. The highest BCUT2D eigenvalue weighted by molar-refractivity contribution is 9.10. The van der Waals surface area contributed by atoms with E-state index in [2.05, 4.69) is 37.7 Å². The van der Waals surface area contributed by atoms with Gasteiger partial charge in [0.2, 0.25) is 10.0 Å². The summed E-state index contributed by atoms with van der Waals surface area (Å²) in [6, 6.07) is 16.5. The Labute approximate surface area is 140 Å². The van der Waals surface area contributed by atoms with Crippen molar-refractivity contribution in [3.63, 3.8) is 0 Å². The Hall–Kier alpha value is -1.21. The van der Waals surface area contributed by atoms with E-state index in [-0.39, 0.29) is 0 Å². The third-order valence-electron chi connectivity index (χ3n) is 3.20. The predicted octanol–water partition coefficient (Wildman–Crippen LogP) is 2.86. The molecule has 2 rings (SSSR count). The molecule has 118 valence electrons. The Kier molecular flexibility index (Phi) is 6.14. The SMILES string of the molecule is CN(CCNS(=O)(=O)c1ccccc1)Cc1ccc(Br)cc1. The van der Waals surface area contributed by atoms with Crippen LogP contribution < -0.4 is 4.72 Å². The Bertz CT molecular complexity index is 688. The Morgan fingerprint density at radius 3 is 2.32 bits per heavy atom. The first-order chi connectivity index (χ1) is 10.5. The molecule has 0 atom stereocenters. The maximum atomic E-state index is 12.1. The number of sulfonamides is 1. The van der Waals surface area contributed by atoms with Crippen LogP contribution in [0.3, 0.4) is 0 Å². The molecular formula is C16H19BrN2O2S. The Morgan fingerprint density at radius 1 is 1.05 bits per heavy atom. The standard InChI is InChI=1S/C16H19BrN2O2S/c1-19(13-14-7-9-15(17)10-8-14)12-11-18-22(20,21)16-5-3-2-4-6-16/h2-10,18H,11-13H2,1H3. The lowest BCUT2D eigenvalue weighted by atomic mass is 10.2. The predicted molar refractivity (Wildman–Crippen MR) is 92.1 cm³/mol. The van der Waals surface area contributed by atoms with Crippen LogP contribution in [0, 0.1) is 0 Å². The van der Waals surface area contributed by atoms with Gasteiger partial charge in [-0.15, -0.1) is 0 Å². The fraction of sp³-hybridized carbons (Fsp3) is 0.250. The lowest BCUT2D eigenvalue weighted by Gasteiger charge is -2.17. The first kappa shape index (κ1) is 17.1. The zero-order chi connectivity index (χ0) is 16.0. The number of hydrogen-bond acceptors (Lipinski definition) is 3. The molecule has 0 fully saturated rings. The molecule has 2 aromatic carbocycles. The molecule has 22 heavy (non-hydrogen) atoms. The van der Waals surface area contributed by atoms with Gasteiger partial charge in [0.1, 0.15) is 0 Å². The molecule has 0 amide bonds. The molecule has 0 aliphatic rings. The van der Waals surface area contributed by atoms with Gasteiger partial charge in [0.15, 0.2) is 0 Å². The van der Waals surface area contributed by atoms with Crippen LogP contribution in [0.25, 0.3) is 0 Å². The van der Waals surface area contributed by atoms with Crippen LogP contribution in [0.4, 0.5) is 0 Å². The van der Waals surface area contributed by atoms with E-state index in [1.165, 1.54) is 5.56 Å². The van der Waals surface area contributed by atoms with Crippen molar-refractivity contribution in [1.82, 2.24) is 9.62 Å². The fourth-order valence-electron chi connectivity index (χ4n) is 2.03. The molecular weight excluding hydrogens is 364 g/mol. The first-order valence-electron chi connectivity index (χ1n) is 6.95. The molecule has 0 unspecified atom stereocenters. The minimum Gasteiger partial charge on any atom is -0.301 e. The van der Waals surface area contributed by atoms with Crippen molar-refractivity contribution in [2.45, 2.75) is 11.4 Å². The molecule has 0 aliphatic carbocycles. The summed E-state index contributed by atoms with van der Waals surface area (Å²) < 4.78 is 27.8. The zero-order valence-corrected chi connectivity index (χ0v) is 14.8. The summed E-state index contributed by atoms with van der Waals surface area (Å²) in [7, 11) is -1.45. The number of halogens is 1. The fourth-order valence-corrected chi connectivity index (χ4v) is 3.34. The quantitative estimate of drug-likeness (QED) is 0.800. The van der Waals surface area contributed by atoms with Gasteiger partial charge >= 0.3 is 0 Å². The number of nitrogens with one attached hydrogen (secondary N) is 1. The largest absolute Gasteiger partial charge is 0.301 e. The van der Waals surface area contributed by atoms with Gasteiger partial charge in [-0.2, -0.15) is 0 Å². The van der Waals surface area contributed by atoms with Gasteiger partial charge in [0.05, 0.1) is 4.90 Å². The summed E-state index contributed by atoms with van der Waals surface area (Å²) >= 11 is 3.41. The van der Waals surface area contributed by atoms with E-state index < -0.39 is 10.0 Å². The highest BCUT2D eigenvalue weighted by atomic mass is 79.9. The second kappa shape index (κ2) is 7.87. The summed E-state index contributed by atoms with van der Waals surface area (Å²) in [4.78, 5) is 2.38. The van der Waals surface area contributed by atoms with E-state index in [0.29, 0.717) is 18.0 Å². The molecule has 4 nitrogen and oxygen atoms in total. The normalized spacial score (nSPS) is 11.8. The van der Waals surface area contributed by atoms with Gasteiger partial charge in [-0.3, -0.25) is 0 Å². The van der Waals surface area contributed by atoms with Gasteiger partial charge < -0.3 is 4.90 Å². The summed E-state index contributed by atoms with van der Waals surface area (Å²) in [6.07, 6.45) is 0. The van der Waals surface area contributed by atoms with Crippen LogP contribution in [-0.2, 0) is 16.6 Å². The van der Waals surface area contributed by atoms with Crippen molar-refractivity contribution >= 4 is 26.0 Å². The molecule has 0 saturated heterocycles. The van der Waals surface area contributed by atoms with E-state index >= 15 is 0 Å². The molecule has 0 bridgehead atoms. The third-order valence-corrected chi connectivity index (χ3v) is 5.21. The molecule has 0 saturated carbocycles. The summed E-state index contributed by atoms with van der Waals surface area (Å²) in [5.41, 5.74) is 1.19. The number of rotatable bonds is 7. The van der Waals surface area contributed by atoms with E-state index in [9.17, 15) is 8.42 Å². The molecule has 1 N–H and O–H groups in total. The van der Waals surface area contributed by atoms with Crippen LogP contribution in [0.1, 0.15) is 5.56 Å². The average Bonchev–Trinajstić information content (AvgIpc) is 2.50. The molecule has 2 aromatic rings. The van der Waals surface area contributed by atoms with Crippen LogP contribution in [-0.4, -0.2) is 33.5 Å². The van der Waals surface area contributed by atoms with Crippen molar-refractivity contribution < 1.29 is 8.42 Å². The first-order valence-corrected chi connectivity index (χ1v) is 9.23. The number of benzene rings is 2. The number of hydrogen-bond donors (Lipinski definition) is 1. The van der Waals surface area contributed by atoms with E-state index in [0.717, 1.165) is 11.0 Å². The zero-order valence-electron chi connectivity index (χ0n) is 12.4. The maximum Gasteiger partial charge on any atom is 0.240 e. The monoisotopic (exact) mass is 382 g/mol. The Morgan fingerprint density at radius 2 is 1.68 bits per heavy atom. The highest BCUT2D eigenvalue weighted by Gasteiger charge is 2.12. The van der Waals surface area contributed by atoms with Crippen LogP contribution >= 0.6 is 15.9 Å². The van der Waals surface area contributed by atoms with Crippen LogP contribution in [0.2, 0.25) is 0 Å². The van der Waals surface area contributed by atoms with Crippen molar-refractivity contribution in [3.05, 3.63) is 64.6 Å². The van der Waals surface area contributed by atoms with Gasteiger partial charge in [-0.1, -0.05) is 46.3 Å². The van der Waals surface area contributed by atoms with Crippen LogP contribution in [0.5, 0.6) is 0 Å². The van der Waals surface area contributed by atoms with Gasteiger partial charge in [0, 0.05) is 24.1 Å². The van der Waals surface area contributed by atoms with Gasteiger partial charge in [0.25, 0.3) is 0 Å². The summed E-state index contributed by atoms with van der Waals surface area (Å²) in [5.74, 6) is 0. The van der Waals surface area contributed by atoms with Crippen molar-refractivity contribution in [2.24, 2.45) is 0 Å². The molecule has 0 heterocycles. The molecule has 6 heteroatoms. The van der Waals surface area contributed by atoms with E-state index in [1.807, 2.05) is 19.2 Å². The lowest BCUT2D eigenvalue weighted by molar-refractivity contribution is 0.332. The van der Waals surface area contributed by atoms with Crippen molar-refractivity contribution in [1.29, 1.82) is 0 Å². The molecule has 0 radical (unpaired) electrons. The van der Waals surface area contributed by atoms with Crippen molar-refractivity contribution in [3.8, 4) is 0 Å². The maximum absolute atomic E-state index is 12.1. The third kappa shape index (κ3) is 5.21. The smallest absolute Gasteiger partial charge is 0.240 e. The number of nitrogens with zero attached hydrogens (tertiary/aromatic N) is 1. The van der Waals surface area contributed by atoms with Gasteiger partial charge in [-0.05, 0) is 36.9 Å². The summed E-state index contributed by atoms with van der Waals surface area (Å²) in [5, 5.41) is 0. The topological polar surface area (TPSA) is 49.4 Å². The number of likely N-dealkylation sites (N-methyl/N-ethyl adjacent to an activating group) is 1. The average molecular weight is 383 g/mol. The highest BCUT2D eigenvalue weighted by Crippen LogP contribution is 2.11. The summed E-state index contributed by atoms with van der Waals surface area (Å²) in [6.45, 7) is 1.80. The lowest BCUT2D eigenvalue weighted by Crippen LogP contribution is -2.32. The minimum atomic E-state index is -3.42. The Balaban J connectivity index is 1.82. The second-order valence-corrected chi connectivity index (χ2v) is 7.76. The molecule has 0 aromatic heterocycles. The van der Waals surface area contributed by atoms with Crippen molar-refractivity contribution in [2.75, 3.05) is 20.1 Å².